The molecule has 6 nitrogen and oxygen atoms in total. The molecule has 148 valence electrons. The molecule has 1 N–H and O–H groups in total. The molecule has 2 aliphatic rings. The van der Waals surface area contributed by atoms with Crippen LogP contribution in [0.25, 0.3) is 0 Å². The number of carbonyl (C=O) groups is 2. The highest BCUT2D eigenvalue weighted by Gasteiger charge is 2.26. The molecule has 0 radical (unpaired) electrons. The molecule has 0 aliphatic carbocycles. The highest BCUT2D eigenvalue weighted by molar-refractivity contribution is 5.93. The van der Waals surface area contributed by atoms with Crippen molar-refractivity contribution < 1.29 is 14.3 Å². The fourth-order valence-electron chi connectivity index (χ4n) is 3.94. The predicted octanol–water partition coefficient (Wildman–Crippen LogP) is 2.81. The quantitative estimate of drug-likeness (QED) is 0.777. The van der Waals surface area contributed by atoms with Crippen molar-refractivity contribution in [2.75, 3.05) is 49.5 Å². The summed E-state index contributed by atoms with van der Waals surface area (Å²) >= 11 is 0. The van der Waals surface area contributed by atoms with Gasteiger partial charge in [0.15, 0.2) is 0 Å². The number of carbonyl (C=O) groups excluding carboxylic acids is 2. The Balaban J connectivity index is 1.47. The molecule has 2 aliphatic heterocycles. The average molecular weight is 373 g/mol. The smallest absolute Gasteiger partial charge is 0.309 e. The number of likely N-dealkylation sites (tertiary alicyclic amines) is 1. The van der Waals surface area contributed by atoms with E-state index >= 15 is 0 Å². The molecule has 3 rings (SSSR count). The monoisotopic (exact) mass is 373 g/mol. The van der Waals surface area contributed by atoms with Crippen LogP contribution in [0.3, 0.4) is 0 Å². The molecular formula is C21H31N3O3. The largest absolute Gasteiger partial charge is 0.466 e. The predicted molar refractivity (Wildman–Crippen MR) is 107 cm³/mol. The van der Waals surface area contributed by atoms with Gasteiger partial charge >= 0.3 is 5.97 Å². The Morgan fingerprint density at radius 1 is 1.15 bits per heavy atom. The molecule has 0 atom stereocenters. The van der Waals surface area contributed by atoms with Gasteiger partial charge in [-0.05, 0) is 76.4 Å². The number of aryl methyl sites for hydroxylation is 1. The Morgan fingerprint density at radius 3 is 2.48 bits per heavy atom. The van der Waals surface area contributed by atoms with E-state index in [-0.39, 0.29) is 17.8 Å². The molecular weight excluding hydrogens is 342 g/mol. The Kier molecular flexibility index (Phi) is 6.72. The van der Waals surface area contributed by atoms with Crippen molar-refractivity contribution >= 4 is 23.3 Å². The lowest BCUT2D eigenvalue weighted by Crippen LogP contribution is -2.41. The van der Waals surface area contributed by atoms with Crippen LogP contribution in [0.5, 0.6) is 0 Å². The Labute approximate surface area is 161 Å². The van der Waals surface area contributed by atoms with E-state index in [2.05, 4.69) is 27.2 Å². The number of piperidine rings is 1. The van der Waals surface area contributed by atoms with E-state index in [1.807, 2.05) is 19.9 Å². The molecule has 0 spiro atoms. The maximum atomic E-state index is 12.4. The number of esters is 1. The number of nitrogens with one attached hydrogen (secondary N) is 1. The molecule has 2 heterocycles. The number of hydrogen-bond donors (Lipinski definition) is 1. The zero-order valence-corrected chi connectivity index (χ0v) is 16.5. The van der Waals surface area contributed by atoms with Gasteiger partial charge in [0.1, 0.15) is 0 Å². The minimum atomic E-state index is -0.102. The van der Waals surface area contributed by atoms with Gasteiger partial charge in [-0.15, -0.1) is 0 Å². The fourth-order valence-corrected chi connectivity index (χ4v) is 3.94. The average Bonchev–Trinajstić information content (AvgIpc) is 3.19. The molecule has 1 aromatic rings. The van der Waals surface area contributed by atoms with E-state index in [4.69, 9.17) is 4.74 Å². The van der Waals surface area contributed by atoms with Gasteiger partial charge in [-0.2, -0.15) is 0 Å². The van der Waals surface area contributed by atoms with Gasteiger partial charge in [-0.25, -0.2) is 0 Å². The number of nitrogens with zero attached hydrogens (tertiary/aromatic N) is 2. The third-order valence-corrected chi connectivity index (χ3v) is 5.53. The second-order valence-electron chi connectivity index (χ2n) is 7.54. The fraction of sp³-hybridized carbons (Fsp3) is 0.619. The van der Waals surface area contributed by atoms with E-state index in [0.29, 0.717) is 13.2 Å². The van der Waals surface area contributed by atoms with Gasteiger partial charge in [0.25, 0.3) is 0 Å². The Bertz CT molecular complexity index is 663. The maximum Gasteiger partial charge on any atom is 0.309 e. The first-order valence-electron chi connectivity index (χ1n) is 10.1. The van der Waals surface area contributed by atoms with Crippen LogP contribution in [0, 0.1) is 12.8 Å². The first-order valence-corrected chi connectivity index (χ1v) is 10.1. The number of rotatable bonds is 6. The standard InChI is InChI=1S/C21H31N3O3/c1-3-27-21(26)17-8-12-23(13-9-17)15-20(25)22-19-7-6-18(14-16(19)2)24-10-4-5-11-24/h6-7,14,17H,3-5,8-13,15H2,1-2H3,(H,22,25). The third-order valence-electron chi connectivity index (χ3n) is 5.53. The van der Waals surface area contributed by atoms with Crippen LogP contribution in [-0.2, 0) is 14.3 Å². The second kappa shape index (κ2) is 9.22. The first kappa shape index (κ1) is 19.7. The van der Waals surface area contributed by atoms with Crippen molar-refractivity contribution in [1.29, 1.82) is 0 Å². The van der Waals surface area contributed by atoms with Crippen molar-refractivity contribution in [1.82, 2.24) is 4.90 Å². The van der Waals surface area contributed by atoms with Gasteiger partial charge in [0, 0.05) is 24.5 Å². The van der Waals surface area contributed by atoms with E-state index in [9.17, 15) is 9.59 Å². The normalized spacial score (nSPS) is 18.5. The zero-order chi connectivity index (χ0) is 19.2. The second-order valence-corrected chi connectivity index (χ2v) is 7.54. The topological polar surface area (TPSA) is 61.9 Å². The van der Waals surface area contributed by atoms with Gasteiger partial charge in [-0.3, -0.25) is 14.5 Å². The summed E-state index contributed by atoms with van der Waals surface area (Å²) in [6, 6.07) is 6.26. The molecule has 0 unspecified atom stereocenters. The number of benzene rings is 1. The Hall–Kier alpha value is -2.08. The van der Waals surface area contributed by atoms with E-state index < -0.39 is 0 Å². The van der Waals surface area contributed by atoms with Crippen LogP contribution in [0.2, 0.25) is 0 Å². The van der Waals surface area contributed by atoms with Gasteiger partial charge in [0.2, 0.25) is 5.91 Å². The Morgan fingerprint density at radius 2 is 1.85 bits per heavy atom. The van der Waals surface area contributed by atoms with Gasteiger partial charge < -0.3 is 15.0 Å². The van der Waals surface area contributed by atoms with E-state index in [1.165, 1.54) is 18.5 Å². The first-order chi connectivity index (χ1) is 13.1. The van der Waals surface area contributed by atoms with E-state index in [1.54, 1.807) is 0 Å². The summed E-state index contributed by atoms with van der Waals surface area (Å²) in [7, 11) is 0. The van der Waals surface area contributed by atoms with Crippen molar-refractivity contribution in [2.24, 2.45) is 5.92 Å². The summed E-state index contributed by atoms with van der Waals surface area (Å²) in [5.74, 6) is -0.124. The molecule has 2 saturated heterocycles. The maximum absolute atomic E-state index is 12.4. The molecule has 0 bridgehead atoms. The molecule has 0 saturated carbocycles. The van der Waals surface area contributed by atoms with Crippen LogP contribution in [0.1, 0.15) is 38.2 Å². The summed E-state index contributed by atoms with van der Waals surface area (Å²) < 4.78 is 5.10. The number of amides is 1. The lowest BCUT2D eigenvalue weighted by Gasteiger charge is -2.30. The molecule has 6 heteroatoms. The summed E-state index contributed by atoms with van der Waals surface area (Å²) in [5, 5.41) is 3.04. The zero-order valence-electron chi connectivity index (χ0n) is 16.5. The van der Waals surface area contributed by atoms with Crippen LogP contribution in [-0.4, -0.2) is 56.1 Å². The molecule has 2 fully saturated rings. The highest BCUT2D eigenvalue weighted by atomic mass is 16.5. The highest BCUT2D eigenvalue weighted by Crippen LogP contribution is 2.25. The minimum absolute atomic E-state index is 0.00149. The molecule has 0 aromatic heterocycles. The molecule has 1 amide bonds. The summed E-state index contributed by atoms with van der Waals surface area (Å²) in [6.45, 7) is 8.41. The van der Waals surface area contributed by atoms with E-state index in [0.717, 1.165) is 50.3 Å². The number of ether oxygens (including phenoxy) is 1. The summed E-state index contributed by atoms with van der Waals surface area (Å²) in [6.07, 6.45) is 4.03. The number of hydrogen-bond acceptors (Lipinski definition) is 5. The number of anilines is 2. The van der Waals surface area contributed by atoms with Crippen LogP contribution < -0.4 is 10.2 Å². The molecule has 27 heavy (non-hydrogen) atoms. The van der Waals surface area contributed by atoms with Gasteiger partial charge in [-0.1, -0.05) is 0 Å². The lowest BCUT2D eigenvalue weighted by atomic mass is 9.97. The van der Waals surface area contributed by atoms with Crippen LogP contribution >= 0.6 is 0 Å². The van der Waals surface area contributed by atoms with Gasteiger partial charge in [0.05, 0.1) is 19.1 Å². The van der Waals surface area contributed by atoms with Crippen molar-refractivity contribution in [3.63, 3.8) is 0 Å². The van der Waals surface area contributed by atoms with Crippen molar-refractivity contribution in [3.8, 4) is 0 Å². The molecule has 1 aromatic carbocycles. The minimum Gasteiger partial charge on any atom is -0.466 e. The lowest BCUT2D eigenvalue weighted by molar-refractivity contribution is -0.149. The summed E-state index contributed by atoms with van der Waals surface area (Å²) in [5.41, 5.74) is 3.21. The van der Waals surface area contributed by atoms with Crippen LogP contribution in [0.15, 0.2) is 18.2 Å². The van der Waals surface area contributed by atoms with Crippen molar-refractivity contribution in [2.45, 2.75) is 39.5 Å². The SMILES string of the molecule is CCOC(=O)C1CCN(CC(=O)Nc2ccc(N3CCCC3)cc2C)CC1. The summed E-state index contributed by atoms with van der Waals surface area (Å²) in [4.78, 5) is 28.7. The van der Waals surface area contributed by atoms with Crippen LogP contribution in [0.4, 0.5) is 11.4 Å². The van der Waals surface area contributed by atoms with Crippen molar-refractivity contribution in [3.05, 3.63) is 23.8 Å². The third kappa shape index (κ3) is 5.22.